The van der Waals surface area contributed by atoms with E-state index in [1.54, 1.807) is 0 Å². The number of carbonyl (C=O) groups is 2. The van der Waals surface area contributed by atoms with E-state index < -0.39 is 0 Å². The second-order valence-corrected chi connectivity index (χ2v) is 8.77. The third-order valence-electron chi connectivity index (χ3n) is 6.81. The zero-order chi connectivity index (χ0) is 19.3. The lowest BCUT2D eigenvalue weighted by molar-refractivity contribution is 0.0454. The van der Waals surface area contributed by atoms with Crippen molar-refractivity contribution < 1.29 is 18.7 Å². The predicted octanol–water partition coefficient (Wildman–Crippen LogP) is 5.08. The van der Waals surface area contributed by atoms with E-state index in [2.05, 4.69) is 5.32 Å². The molecule has 5 heteroatoms. The molecule has 2 aliphatic carbocycles. The van der Waals surface area contributed by atoms with Gasteiger partial charge >= 0.3 is 0 Å². The molecule has 28 heavy (non-hydrogen) atoms. The van der Waals surface area contributed by atoms with Gasteiger partial charge in [0.1, 0.15) is 16.9 Å². The third kappa shape index (κ3) is 2.83. The number of nitrogens with one attached hydrogen (secondary N) is 1. The average Bonchev–Trinajstić information content (AvgIpc) is 3.27. The van der Waals surface area contributed by atoms with E-state index in [-0.39, 0.29) is 23.3 Å². The first-order chi connectivity index (χ1) is 13.6. The van der Waals surface area contributed by atoms with Crippen LogP contribution >= 0.6 is 0 Å². The number of benzene rings is 1. The quantitative estimate of drug-likeness (QED) is 0.787. The Balaban J connectivity index is 1.51. The summed E-state index contributed by atoms with van der Waals surface area (Å²) in [6.45, 7) is 1.87. The van der Waals surface area contributed by atoms with Crippen LogP contribution in [0.5, 0.6) is 5.75 Å². The predicted molar refractivity (Wildman–Crippen MR) is 106 cm³/mol. The molecule has 1 aromatic carbocycles. The molecular formula is C23H27NO4. The molecule has 0 bridgehead atoms. The van der Waals surface area contributed by atoms with E-state index in [4.69, 9.17) is 9.15 Å². The van der Waals surface area contributed by atoms with Crippen molar-refractivity contribution in [3.8, 4) is 5.75 Å². The zero-order valence-electron chi connectivity index (χ0n) is 16.4. The summed E-state index contributed by atoms with van der Waals surface area (Å²) in [6.07, 6.45) is 10.1. The van der Waals surface area contributed by atoms with Gasteiger partial charge in [0.2, 0.25) is 0 Å². The number of hydrogen-bond acceptors (Lipinski definition) is 4. The molecule has 2 fully saturated rings. The number of Topliss-reactive ketones (excluding diaryl/α,β-unsaturated/α-hetero) is 1. The highest BCUT2D eigenvalue weighted by Crippen LogP contribution is 2.46. The molecule has 3 aliphatic rings. The summed E-state index contributed by atoms with van der Waals surface area (Å²) < 4.78 is 12.3. The van der Waals surface area contributed by atoms with Gasteiger partial charge in [-0.05, 0) is 57.6 Å². The highest BCUT2D eigenvalue weighted by Gasteiger charge is 2.43. The monoisotopic (exact) mass is 381 g/mol. The Morgan fingerprint density at radius 3 is 2.61 bits per heavy atom. The molecule has 1 aliphatic heterocycles. The summed E-state index contributed by atoms with van der Waals surface area (Å²) >= 11 is 0. The first-order valence-electron chi connectivity index (χ1n) is 10.7. The maximum Gasteiger partial charge on any atom is 0.287 e. The van der Waals surface area contributed by atoms with Gasteiger partial charge in [0, 0.05) is 17.0 Å². The Hall–Kier alpha value is -2.30. The maximum atomic E-state index is 13.1. The van der Waals surface area contributed by atoms with Gasteiger partial charge in [-0.2, -0.15) is 0 Å². The Labute approximate surface area is 164 Å². The van der Waals surface area contributed by atoms with Crippen molar-refractivity contribution in [2.75, 3.05) is 0 Å². The molecule has 2 aromatic rings. The van der Waals surface area contributed by atoms with Crippen LogP contribution in [0.2, 0.25) is 0 Å². The molecule has 0 saturated heterocycles. The van der Waals surface area contributed by atoms with Crippen molar-refractivity contribution in [1.29, 1.82) is 0 Å². The summed E-state index contributed by atoms with van der Waals surface area (Å²) in [5.41, 5.74) is 1.59. The number of aryl methyl sites for hydroxylation is 1. The SMILES string of the molecule is Cc1c(C(=O)NC2CCCCC2)oc2ccc3c(c12)C(=O)CC1(CCCC1)O3. The van der Waals surface area contributed by atoms with Gasteiger partial charge in [-0.25, -0.2) is 0 Å². The van der Waals surface area contributed by atoms with Crippen LogP contribution in [0.25, 0.3) is 11.0 Å². The molecule has 1 N–H and O–H groups in total. The molecule has 5 nitrogen and oxygen atoms in total. The lowest BCUT2D eigenvalue weighted by Gasteiger charge is -2.34. The number of furan rings is 1. The fourth-order valence-electron chi connectivity index (χ4n) is 5.35. The zero-order valence-corrected chi connectivity index (χ0v) is 16.4. The van der Waals surface area contributed by atoms with Gasteiger partial charge in [-0.1, -0.05) is 19.3 Å². The lowest BCUT2D eigenvalue weighted by atomic mass is 9.87. The third-order valence-corrected chi connectivity index (χ3v) is 6.81. The average molecular weight is 381 g/mol. The van der Waals surface area contributed by atoms with Crippen LogP contribution in [0.4, 0.5) is 0 Å². The molecular weight excluding hydrogens is 354 g/mol. The Morgan fingerprint density at radius 2 is 1.86 bits per heavy atom. The first-order valence-corrected chi connectivity index (χ1v) is 10.7. The second-order valence-electron chi connectivity index (χ2n) is 8.77. The highest BCUT2D eigenvalue weighted by molar-refractivity contribution is 6.13. The minimum absolute atomic E-state index is 0.108. The molecule has 1 amide bonds. The number of amides is 1. The minimum atomic E-state index is -0.323. The Bertz CT molecular complexity index is 945. The fourth-order valence-corrected chi connectivity index (χ4v) is 5.35. The van der Waals surface area contributed by atoms with Gasteiger partial charge in [-0.15, -0.1) is 0 Å². The number of ether oxygens (including phenoxy) is 1. The number of hydrogen-bond donors (Lipinski definition) is 1. The molecule has 1 aromatic heterocycles. The summed E-state index contributed by atoms with van der Waals surface area (Å²) in [7, 11) is 0. The first kappa shape index (κ1) is 17.8. The highest BCUT2D eigenvalue weighted by atomic mass is 16.5. The van der Waals surface area contributed by atoms with Crippen LogP contribution in [-0.4, -0.2) is 23.3 Å². The van der Waals surface area contributed by atoms with E-state index in [9.17, 15) is 9.59 Å². The van der Waals surface area contributed by atoms with E-state index in [0.717, 1.165) is 62.3 Å². The summed E-state index contributed by atoms with van der Waals surface area (Å²) in [5.74, 6) is 0.902. The van der Waals surface area contributed by atoms with Crippen LogP contribution in [0, 0.1) is 6.92 Å². The van der Waals surface area contributed by atoms with Crippen molar-refractivity contribution in [2.24, 2.45) is 0 Å². The van der Waals surface area contributed by atoms with Gasteiger partial charge in [0.15, 0.2) is 11.5 Å². The van der Waals surface area contributed by atoms with Crippen LogP contribution in [0.15, 0.2) is 16.5 Å². The second kappa shape index (κ2) is 6.64. The van der Waals surface area contributed by atoms with Crippen LogP contribution in [-0.2, 0) is 0 Å². The van der Waals surface area contributed by atoms with Gasteiger partial charge in [0.25, 0.3) is 5.91 Å². The number of fused-ring (bicyclic) bond motifs is 3. The largest absolute Gasteiger partial charge is 0.486 e. The van der Waals surface area contributed by atoms with Crippen LogP contribution < -0.4 is 10.1 Å². The maximum absolute atomic E-state index is 13.1. The van der Waals surface area contributed by atoms with Crippen molar-refractivity contribution in [3.05, 3.63) is 29.0 Å². The topological polar surface area (TPSA) is 68.5 Å². The van der Waals surface area contributed by atoms with E-state index in [0.29, 0.717) is 29.1 Å². The number of rotatable bonds is 2. The molecule has 2 heterocycles. The normalized spacial score (nSPS) is 21.7. The molecule has 1 spiro atoms. The van der Waals surface area contributed by atoms with Crippen molar-refractivity contribution >= 4 is 22.7 Å². The number of ketones is 1. The molecule has 5 rings (SSSR count). The van der Waals surface area contributed by atoms with Crippen molar-refractivity contribution in [3.63, 3.8) is 0 Å². The molecule has 2 saturated carbocycles. The minimum Gasteiger partial charge on any atom is -0.486 e. The smallest absolute Gasteiger partial charge is 0.287 e. The molecule has 0 unspecified atom stereocenters. The molecule has 148 valence electrons. The van der Waals surface area contributed by atoms with Gasteiger partial charge in [0.05, 0.1) is 12.0 Å². The van der Waals surface area contributed by atoms with Crippen LogP contribution in [0.3, 0.4) is 0 Å². The summed E-state index contributed by atoms with van der Waals surface area (Å²) in [6, 6.07) is 3.88. The Kier molecular flexibility index (Phi) is 4.22. The van der Waals surface area contributed by atoms with Gasteiger partial charge < -0.3 is 14.5 Å². The summed E-state index contributed by atoms with van der Waals surface area (Å²) in [4.78, 5) is 25.9. The standard InChI is InChI=1S/C23H27NO4/c1-14-19-17(27-21(14)22(26)24-15-7-3-2-4-8-15)9-10-18-20(19)16(25)13-23(28-18)11-5-6-12-23/h9-10,15H,2-8,11-13H2,1H3,(H,24,26). The lowest BCUT2D eigenvalue weighted by Crippen LogP contribution is -2.39. The van der Waals surface area contributed by atoms with E-state index in [1.165, 1.54) is 6.42 Å². The molecule has 0 atom stereocenters. The number of carbonyl (C=O) groups excluding carboxylic acids is 2. The summed E-state index contributed by atoms with van der Waals surface area (Å²) in [5, 5.41) is 3.86. The van der Waals surface area contributed by atoms with E-state index in [1.807, 2.05) is 19.1 Å². The van der Waals surface area contributed by atoms with E-state index >= 15 is 0 Å². The van der Waals surface area contributed by atoms with Gasteiger partial charge in [-0.3, -0.25) is 9.59 Å². The Morgan fingerprint density at radius 1 is 1.11 bits per heavy atom. The fraction of sp³-hybridized carbons (Fsp3) is 0.565. The van der Waals surface area contributed by atoms with Crippen LogP contribution in [0.1, 0.15) is 90.7 Å². The molecule has 0 radical (unpaired) electrons. The van der Waals surface area contributed by atoms with Crippen molar-refractivity contribution in [2.45, 2.75) is 82.8 Å². The van der Waals surface area contributed by atoms with Crippen molar-refractivity contribution in [1.82, 2.24) is 5.32 Å².